The number of rotatable bonds is 2. The molecule has 6 nitrogen and oxygen atoms in total. The van der Waals surface area contributed by atoms with Gasteiger partial charge < -0.3 is 15.1 Å². The minimum atomic E-state index is 0. The van der Waals surface area contributed by atoms with Gasteiger partial charge in [0.25, 0.3) is 5.91 Å². The van der Waals surface area contributed by atoms with Crippen LogP contribution in [0.1, 0.15) is 30.3 Å². The van der Waals surface area contributed by atoms with Gasteiger partial charge in [0.15, 0.2) is 0 Å². The molecular weight excluding hydrogens is 325 g/mol. The van der Waals surface area contributed by atoms with Crippen LogP contribution < -0.4 is 10.2 Å². The Hall–Kier alpha value is -1.11. The lowest BCUT2D eigenvalue weighted by Crippen LogP contribution is -2.52. The predicted octanol–water partition coefficient (Wildman–Crippen LogP) is 1.35. The Morgan fingerprint density at radius 2 is 2.00 bits per heavy atom. The molecule has 2 saturated heterocycles. The zero-order valence-corrected chi connectivity index (χ0v) is 14.3. The minimum Gasteiger partial charge on any atom is -0.341 e. The summed E-state index contributed by atoms with van der Waals surface area (Å²) in [6, 6.07) is 1.93. The number of nitrogens with zero attached hydrogens (tertiary/aromatic N) is 4. The molecule has 3 heterocycles. The van der Waals surface area contributed by atoms with E-state index in [-0.39, 0.29) is 36.8 Å². The van der Waals surface area contributed by atoms with E-state index >= 15 is 0 Å². The molecule has 2 fully saturated rings. The fraction of sp³-hybridized carbons (Fsp3) is 0.643. The van der Waals surface area contributed by atoms with E-state index in [9.17, 15) is 4.79 Å². The maximum Gasteiger partial charge on any atom is 0.272 e. The number of halogens is 2. The molecule has 1 N–H and O–H groups in total. The van der Waals surface area contributed by atoms with Crippen LogP contribution in [-0.4, -0.2) is 59.5 Å². The maximum absolute atomic E-state index is 12.6. The quantitative estimate of drug-likeness (QED) is 0.874. The van der Waals surface area contributed by atoms with Gasteiger partial charge in [-0.2, -0.15) is 0 Å². The minimum absolute atomic E-state index is 0. The van der Waals surface area contributed by atoms with Gasteiger partial charge in [-0.3, -0.25) is 4.79 Å². The van der Waals surface area contributed by atoms with Crippen LogP contribution in [0, 0.1) is 0 Å². The Kier molecular flexibility index (Phi) is 7.32. The lowest BCUT2D eigenvalue weighted by Gasteiger charge is -2.33. The molecule has 8 heteroatoms. The third-order valence-corrected chi connectivity index (χ3v) is 4.01. The second-order valence-electron chi connectivity index (χ2n) is 5.49. The van der Waals surface area contributed by atoms with Crippen molar-refractivity contribution in [3.63, 3.8) is 0 Å². The Morgan fingerprint density at radius 3 is 2.68 bits per heavy atom. The average molecular weight is 348 g/mol. The molecule has 3 rings (SSSR count). The highest BCUT2D eigenvalue weighted by atomic mass is 35.5. The van der Waals surface area contributed by atoms with E-state index in [0.717, 1.165) is 32.7 Å². The van der Waals surface area contributed by atoms with Crippen molar-refractivity contribution in [2.75, 3.05) is 37.6 Å². The van der Waals surface area contributed by atoms with Crippen LogP contribution in [0.5, 0.6) is 0 Å². The molecule has 1 amide bonds. The molecule has 0 aromatic carbocycles. The normalized spacial score (nSPS) is 21.0. The number of carbonyl (C=O) groups excluding carboxylic acids is 1. The molecule has 1 aromatic heterocycles. The highest BCUT2D eigenvalue weighted by Gasteiger charge is 2.25. The number of hydrogen-bond donors (Lipinski definition) is 1. The zero-order chi connectivity index (χ0) is 13.9. The zero-order valence-electron chi connectivity index (χ0n) is 12.7. The molecule has 0 radical (unpaired) electrons. The third-order valence-electron chi connectivity index (χ3n) is 4.01. The van der Waals surface area contributed by atoms with Gasteiger partial charge in [0.2, 0.25) is 5.95 Å². The Labute approximate surface area is 143 Å². The summed E-state index contributed by atoms with van der Waals surface area (Å²) in [5.74, 6) is 0.706. The lowest BCUT2D eigenvalue weighted by atomic mass is 10.2. The standard InChI is InChI=1S/C14H21N5O.2ClH/c1-11-10-15-6-9-19(11)13(20)12-4-5-16-14(17-12)18-7-2-3-8-18;;/h4-5,11,15H,2-3,6-10H2,1H3;2*1H/t11-;;/m0../s1. The SMILES string of the molecule is C[C@H]1CNCCN1C(=O)c1ccnc(N2CCCC2)n1.Cl.Cl. The molecule has 1 atom stereocenters. The molecule has 2 aliphatic heterocycles. The number of nitrogens with one attached hydrogen (secondary N) is 1. The summed E-state index contributed by atoms with van der Waals surface area (Å²) in [5, 5.41) is 3.29. The van der Waals surface area contributed by atoms with Crippen LogP contribution in [0.25, 0.3) is 0 Å². The average Bonchev–Trinajstić information content (AvgIpc) is 3.01. The van der Waals surface area contributed by atoms with E-state index in [1.54, 1.807) is 12.3 Å². The number of hydrogen-bond acceptors (Lipinski definition) is 5. The van der Waals surface area contributed by atoms with Crippen LogP contribution in [0.3, 0.4) is 0 Å². The van der Waals surface area contributed by atoms with Crippen LogP contribution in [-0.2, 0) is 0 Å². The van der Waals surface area contributed by atoms with Crippen LogP contribution >= 0.6 is 24.8 Å². The number of piperazine rings is 1. The van der Waals surface area contributed by atoms with Gasteiger partial charge in [-0.15, -0.1) is 24.8 Å². The van der Waals surface area contributed by atoms with E-state index in [0.29, 0.717) is 11.6 Å². The predicted molar refractivity (Wildman–Crippen MR) is 91.3 cm³/mol. The second kappa shape index (κ2) is 8.50. The lowest BCUT2D eigenvalue weighted by molar-refractivity contribution is 0.0649. The summed E-state index contributed by atoms with van der Waals surface area (Å²) in [4.78, 5) is 25.4. The summed E-state index contributed by atoms with van der Waals surface area (Å²) >= 11 is 0. The van der Waals surface area contributed by atoms with E-state index in [2.05, 4.69) is 27.1 Å². The van der Waals surface area contributed by atoms with Gasteiger partial charge in [-0.1, -0.05) is 0 Å². The van der Waals surface area contributed by atoms with Crippen molar-refractivity contribution in [3.8, 4) is 0 Å². The van der Waals surface area contributed by atoms with Gasteiger partial charge in [-0.05, 0) is 25.8 Å². The topological polar surface area (TPSA) is 61.4 Å². The molecule has 0 aliphatic carbocycles. The highest BCUT2D eigenvalue weighted by Crippen LogP contribution is 2.16. The molecule has 0 unspecified atom stereocenters. The Bertz CT molecular complexity index is 496. The maximum atomic E-state index is 12.6. The van der Waals surface area contributed by atoms with E-state index in [1.165, 1.54) is 12.8 Å². The van der Waals surface area contributed by atoms with Gasteiger partial charge in [0.05, 0.1) is 0 Å². The van der Waals surface area contributed by atoms with Crippen LogP contribution in [0.15, 0.2) is 12.3 Å². The van der Waals surface area contributed by atoms with Crippen LogP contribution in [0.4, 0.5) is 5.95 Å². The number of amides is 1. The number of anilines is 1. The first-order valence-electron chi connectivity index (χ1n) is 7.35. The van der Waals surface area contributed by atoms with Crippen molar-refractivity contribution in [1.82, 2.24) is 20.2 Å². The molecule has 2 aliphatic rings. The van der Waals surface area contributed by atoms with Crippen molar-refractivity contribution in [2.45, 2.75) is 25.8 Å². The first-order valence-corrected chi connectivity index (χ1v) is 7.35. The summed E-state index contributed by atoms with van der Waals surface area (Å²) < 4.78 is 0. The van der Waals surface area contributed by atoms with E-state index in [4.69, 9.17) is 0 Å². The van der Waals surface area contributed by atoms with Gasteiger partial charge in [0, 0.05) is 45.0 Å². The number of carbonyl (C=O) groups is 1. The fourth-order valence-electron chi connectivity index (χ4n) is 2.83. The van der Waals surface area contributed by atoms with Crippen molar-refractivity contribution < 1.29 is 4.79 Å². The van der Waals surface area contributed by atoms with Crippen LogP contribution in [0.2, 0.25) is 0 Å². The van der Waals surface area contributed by atoms with E-state index in [1.807, 2.05) is 4.90 Å². The molecular formula is C14H23Cl2N5O. The summed E-state index contributed by atoms with van der Waals surface area (Å²) in [7, 11) is 0. The second-order valence-corrected chi connectivity index (χ2v) is 5.49. The van der Waals surface area contributed by atoms with Gasteiger partial charge in [-0.25, -0.2) is 9.97 Å². The summed E-state index contributed by atoms with van der Waals surface area (Å²) in [5.41, 5.74) is 0.510. The molecule has 0 spiro atoms. The Morgan fingerprint density at radius 1 is 1.27 bits per heavy atom. The first-order chi connectivity index (χ1) is 9.75. The highest BCUT2D eigenvalue weighted by molar-refractivity contribution is 5.92. The monoisotopic (exact) mass is 347 g/mol. The molecule has 22 heavy (non-hydrogen) atoms. The molecule has 0 bridgehead atoms. The van der Waals surface area contributed by atoms with Gasteiger partial charge in [0.1, 0.15) is 5.69 Å². The van der Waals surface area contributed by atoms with E-state index < -0.39 is 0 Å². The van der Waals surface area contributed by atoms with Crippen molar-refractivity contribution in [1.29, 1.82) is 0 Å². The molecule has 1 aromatic rings. The van der Waals surface area contributed by atoms with Gasteiger partial charge >= 0.3 is 0 Å². The third kappa shape index (κ3) is 4.00. The van der Waals surface area contributed by atoms with Crippen molar-refractivity contribution >= 4 is 36.7 Å². The first kappa shape index (κ1) is 18.9. The number of aromatic nitrogens is 2. The summed E-state index contributed by atoms with van der Waals surface area (Å²) in [6.07, 6.45) is 4.05. The van der Waals surface area contributed by atoms with Crippen molar-refractivity contribution in [2.24, 2.45) is 0 Å². The largest absolute Gasteiger partial charge is 0.341 e. The molecule has 0 saturated carbocycles. The Balaban J connectivity index is 0.00000121. The summed E-state index contributed by atoms with van der Waals surface area (Å²) in [6.45, 7) is 6.47. The fourth-order valence-corrected chi connectivity index (χ4v) is 2.83. The molecule has 124 valence electrons. The smallest absolute Gasteiger partial charge is 0.272 e. The van der Waals surface area contributed by atoms with Crippen molar-refractivity contribution in [3.05, 3.63) is 18.0 Å².